The number of esters is 1. The van der Waals surface area contributed by atoms with Gasteiger partial charge in [-0.2, -0.15) is 0 Å². The molecular weight excluding hydrogens is 598 g/mol. The summed E-state index contributed by atoms with van der Waals surface area (Å²) in [5.74, 6) is 4.40. The minimum atomic E-state index is -0.888. The summed E-state index contributed by atoms with van der Waals surface area (Å²) < 4.78 is 16.6. The number of fused-ring (bicyclic) bond motifs is 1. The fourth-order valence-electron chi connectivity index (χ4n) is 4.96. The number of aromatic nitrogens is 1. The number of amides is 1. The summed E-state index contributed by atoms with van der Waals surface area (Å²) >= 11 is 1.28. The van der Waals surface area contributed by atoms with Gasteiger partial charge in [0, 0.05) is 45.1 Å². The number of nitrogens with two attached hydrogens (primary N) is 3. The third kappa shape index (κ3) is 13.5. The first-order chi connectivity index (χ1) is 21.5. The van der Waals surface area contributed by atoms with E-state index in [1.807, 2.05) is 20.8 Å². The molecule has 0 radical (unpaired) electrons. The molecule has 258 valence electrons. The number of cyclic esters (lactones) is 1. The molecule has 14 heteroatoms. The van der Waals surface area contributed by atoms with E-state index in [0.717, 1.165) is 17.7 Å². The van der Waals surface area contributed by atoms with Gasteiger partial charge >= 0.3 is 12.1 Å². The molecule has 5 atom stereocenters. The number of anilines is 1. The van der Waals surface area contributed by atoms with Crippen molar-refractivity contribution in [1.82, 2.24) is 20.2 Å². The summed E-state index contributed by atoms with van der Waals surface area (Å²) in [5, 5.41) is 5.43. The average molecular weight is 656 g/mol. The van der Waals surface area contributed by atoms with Crippen molar-refractivity contribution in [3.05, 3.63) is 17.3 Å². The molecule has 3 heterocycles. The Morgan fingerprint density at radius 1 is 1.22 bits per heavy atom. The Bertz CT molecular complexity index is 1060. The summed E-state index contributed by atoms with van der Waals surface area (Å²) in [6.45, 7) is 13.4. The van der Waals surface area contributed by atoms with E-state index < -0.39 is 24.1 Å². The van der Waals surface area contributed by atoms with Gasteiger partial charge in [0.1, 0.15) is 18.3 Å². The number of Topliss-reactive ketones (excluding diaryl/α,β-unsaturated/α-hetero) is 1. The number of methoxy groups -OCH3 is 1. The molecule has 0 aliphatic carbocycles. The lowest BCUT2D eigenvalue weighted by Gasteiger charge is -2.30. The van der Waals surface area contributed by atoms with E-state index in [4.69, 9.17) is 31.5 Å². The maximum atomic E-state index is 12.9. The van der Waals surface area contributed by atoms with Crippen LogP contribution in [-0.2, 0) is 23.8 Å². The van der Waals surface area contributed by atoms with Crippen LogP contribution in [0.25, 0.3) is 5.70 Å². The van der Waals surface area contributed by atoms with Gasteiger partial charge in [-0.15, -0.1) is 0 Å². The predicted molar refractivity (Wildman–Crippen MR) is 179 cm³/mol. The standard InChI is InChI=1S/C26H43N7O6S.C3H8.C2H6/c1-16-20(34)9-8-18(37-3)7-6-10-30-17(2)23-21(15-38-24(16)35)39-26(36)33(23)12-5-4-11-32(29)14-19(27)22-13-31-25(28)40-22;1-3-2;1-2/h13-14,16-18,21,23,30H,4-12,15,27,29H2,1-3H3,(H2,28,31);3H2,1-2H3;1-2H3/b19-14-;;/t16?,17-,18?,21?,23?;;/m0../s1. The largest absolute Gasteiger partial charge is 0.461 e. The second-order valence-electron chi connectivity index (χ2n) is 11.0. The molecule has 2 saturated heterocycles. The first kappa shape index (κ1) is 40.1. The molecule has 1 amide bonds. The number of hydrogen-bond donors (Lipinski definition) is 4. The van der Waals surface area contributed by atoms with Crippen molar-refractivity contribution in [1.29, 1.82) is 0 Å². The van der Waals surface area contributed by atoms with E-state index >= 15 is 0 Å². The van der Waals surface area contributed by atoms with Gasteiger partial charge in [-0.05, 0) is 52.5 Å². The van der Waals surface area contributed by atoms with Crippen LogP contribution < -0.4 is 22.6 Å². The van der Waals surface area contributed by atoms with Crippen LogP contribution in [0.3, 0.4) is 0 Å². The van der Waals surface area contributed by atoms with Crippen molar-refractivity contribution >= 4 is 40.0 Å². The molecule has 2 fully saturated rings. The van der Waals surface area contributed by atoms with Crippen molar-refractivity contribution in [3.8, 4) is 0 Å². The highest BCUT2D eigenvalue weighted by atomic mass is 32.1. The quantitative estimate of drug-likeness (QED) is 0.104. The van der Waals surface area contributed by atoms with E-state index in [-0.39, 0.29) is 37.0 Å². The number of carbonyl (C=O) groups is 3. The monoisotopic (exact) mass is 655 g/mol. The predicted octanol–water partition coefficient (Wildman–Crippen LogP) is 3.89. The zero-order valence-electron chi connectivity index (χ0n) is 28.3. The Hall–Kier alpha value is -2.94. The zero-order chi connectivity index (χ0) is 33.9. The summed E-state index contributed by atoms with van der Waals surface area (Å²) in [6.07, 6.45) is 7.09. The number of ether oxygens (including phenoxy) is 3. The highest BCUT2D eigenvalue weighted by Gasteiger charge is 2.45. The third-order valence-electron chi connectivity index (χ3n) is 7.36. The van der Waals surface area contributed by atoms with E-state index in [0.29, 0.717) is 49.7 Å². The van der Waals surface area contributed by atoms with Crippen LogP contribution in [0.4, 0.5) is 9.93 Å². The number of thiazole rings is 1. The third-order valence-corrected chi connectivity index (χ3v) is 8.24. The highest BCUT2D eigenvalue weighted by molar-refractivity contribution is 7.16. The van der Waals surface area contributed by atoms with E-state index in [2.05, 4.69) is 24.1 Å². The van der Waals surface area contributed by atoms with Crippen molar-refractivity contribution in [2.45, 2.75) is 111 Å². The molecule has 3 rings (SSSR count). The maximum Gasteiger partial charge on any atom is 0.410 e. The molecular formula is C31H57N7O6S. The lowest BCUT2D eigenvalue weighted by Crippen LogP contribution is -2.52. The fourth-order valence-corrected chi connectivity index (χ4v) is 5.57. The molecule has 0 spiro atoms. The second kappa shape index (κ2) is 21.7. The van der Waals surface area contributed by atoms with Crippen LogP contribution >= 0.6 is 11.3 Å². The fraction of sp³-hybridized carbons (Fsp3) is 0.742. The number of nitrogen functional groups attached to an aromatic ring is 1. The Labute approximate surface area is 273 Å². The minimum Gasteiger partial charge on any atom is -0.461 e. The highest BCUT2D eigenvalue weighted by Crippen LogP contribution is 2.25. The number of hydrogen-bond acceptors (Lipinski definition) is 13. The smallest absolute Gasteiger partial charge is 0.410 e. The van der Waals surface area contributed by atoms with Crippen LogP contribution in [0, 0.1) is 5.92 Å². The molecule has 1 aromatic heterocycles. The first-order valence-corrected chi connectivity index (χ1v) is 17.0. The van der Waals surface area contributed by atoms with E-state index in [1.54, 1.807) is 31.3 Å². The zero-order valence-corrected chi connectivity index (χ0v) is 29.1. The van der Waals surface area contributed by atoms with Crippen molar-refractivity contribution in [2.75, 3.05) is 39.1 Å². The first-order valence-electron chi connectivity index (χ1n) is 16.1. The SMILES string of the molecule is CC.CCC.COC1CCCN[C@@H](C)C2C(COC(=O)C(C)C(=O)CC1)OC(=O)N2CCCCN(N)/C=C(\N)c1cnc(N)s1. The molecule has 0 bridgehead atoms. The minimum absolute atomic E-state index is 0.0672. The normalized spacial score (nSPS) is 24.9. The number of nitrogens with one attached hydrogen (secondary N) is 1. The van der Waals surface area contributed by atoms with Gasteiger partial charge in [0.05, 0.1) is 22.7 Å². The lowest BCUT2D eigenvalue weighted by molar-refractivity contribution is -0.154. The number of unbranched alkanes of at least 4 members (excludes halogenated alkanes) is 1. The maximum absolute atomic E-state index is 12.9. The van der Waals surface area contributed by atoms with Crippen LogP contribution in [0.5, 0.6) is 0 Å². The Morgan fingerprint density at radius 2 is 1.91 bits per heavy atom. The van der Waals surface area contributed by atoms with Gasteiger partial charge in [0.25, 0.3) is 0 Å². The molecule has 2 aliphatic rings. The summed E-state index contributed by atoms with van der Waals surface area (Å²) in [6, 6.07) is -0.475. The number of nitrogens with zero attached hydrogens (tertiary/aromatic N) is 3. The molecule has 4 unspecified atom stereocenters. The lowest BCUT2D eigenvalue weighted by atomic mass is 9.99. The van der Waals surface area contributed by atoms with E-state index in [9.17, 15) is 14.4 Å². The number of rotatable bonds is 8. The van der Waals surface area contributed by atoms with E-state index in [1.165, 1.54) is 22.8 Å². The van der Waals surface area contributed by atoms with Gasteiger partial charge in [0.2, 0.25) is 0 Å². The molecule has 0 aromatic carbocycles. The van der Waals surface area contributed by atoms with Crippen LogP contribution in [0.1, 0.15) is 91.4 Å². The van der Waals surface area contributed by atoms with Crippen molar-refractivity contribution < 1.29 is 28.6 Å². The van der Waals surface area contributed by atoms with Crippen molar-refractivity contribution in [2.24, 2.45) is 17.5 Å². The summed E-state index contributed by atoms with van der Waals surface area (Å²) in [4.78, 5) is 44.4. The molecule has 7 N–H and O–H groups in total. The number of ketones is 1. The topological polar surface area (TPSA) is 188 Å². The average Bonchev–Trinajstić information content (AvgIpc) is 3.60. The van der Waals surface area contributed by atoms with Gasteiger partial charge in [-0.25, -0.2) is 15.6 Å². The Balaban J connectivity index is 0.00000191. The Morgan fingerprint density at radius 3 is 2.53 bits per heavy atom. The van der Waals surface area contributed by atoms with Crippen molar-refractivity contribution in [3.63, 3.8) is 0 Å². The summed E-state index contributed by atoms with van der Waals surface area (Å²) in [7, 11) is 1.63. The molecule has 1 aromatic rings. The molecule has 0 saturated carbocycles. The van der Waals surface area contributed by atoms with Gasteiger partial charge in [0.15, 0.2) is 11.2 Å². The van der Waals surface area contributed by atoms with Crippen LogP contribution in [-0.4, -0.2) is 90.4 Å². The van der Waals surface area contributed by atoms with Crippen LogP contribution in [0.15, 0.2) is 12.4 Å². The van der Waals surface area contributed by atoms with Gasteiger partial charge < -0.3 is 36.0 Å². The molecule has 2 aliphatic heterocycles. The van der Waals surface area contributed by atoms with Gasteiger partial charge in [-0.3, -0.25) is 14.5 Å². The van der Waals surface area contributed by atoms with Crippen LogP contribution in [0.2, 0.25) is 0 Å². The second-order valence-corrected chi connectivity index (χ2v) is 12.1. The number of carbonyl (C=O) groups excluding carboxylic acids is 3. The molecule has 45 heavy (non-hydrogen) atoms. The molecule has 13 nitrogen and oxygen atoms in total. The Kier molecular flexibility index (Phi) is 19.4. The number of hydrazine groups is 1. The van der Waals surface area contributed by atoms with Gasteiger partial charge in [-0.1, -0.05) is 45.5 Å². The summed E-state index contributed by atoms with van der Waals surface area (Å²) in [5.41, 5.74) is 12.2.